The van der Waals surface area contributed by atoms with Crippen LogP contribution in [0.5, 0.6) is 0 Å². The van der Waals surface area contributed by atoms with E-state index in [1.807, 2.05) is 0 Å². The number of hydrogen-bond acceptors (Lipinski definition) is 2. The van der Waals surface area contributed by atoms with Gasteiger partial charge >= 0.3 is 6.09 Å². The van der Waals surface area contributed by atoms with Crippen molar-refractivity contribution in [2.75, 3.05) is 6.54 Å². The summed E-state index contributed by atoms with van der Waals surface area (Å²) < 4.78 is 0. The SMILES string of the molecule is CCCCC(O)CCCNC(=O)O. The summed E-state index contributed by atoms with van der Waals surface area (Å²) in [6, 6.07) is 0. The van der Waals surface area contributed by atoms with Crippen LogP contribution in [0, 0.1) is 0 Å². The monoisotopic (exact) mass is 189 g/mol. The second-order valence-corrected chi connectivity index (χ2v) is 3.17. The summed E-state index contributed by atoms with van der Waals surface area (Å²) in [5, 5.41) is 19.9. The number of nitrogens with one attached hydrogen (secondary N) is 1. The van der Waals surface area contributed by atoms with Crippen LogP contribution in [0.15, 0.2) is 0 Å². The van der Waals surface area contributed by atoms with Gasteiger partial charge in [0.1, 0.15) is 0 Å². The van der Waals surface area contributed by atoms with Gasteiger partial charge in [0.25, 0.3) is 0 Å². The first-order chi connectivity index (χ1) is 6.16. The van der Waals surface area contributed by atoms with Crippen molar-refractivity contribution in [3.63, 3.8) is 0 Å². The summed E-state index contributed by atoms with van der Waals surface area (Å²) in [5.74, 6) is 0. The lowest BCUT2D eigenvalue weighted by Gasteiger charge is -2.08. The van der Waals surface area contributed by atoms with Gasteiger partial charge in [0.15, 0.2) is 0 Å². The highest BCUT2D eigenvalue weighted by Gasteiger charge is 2.02. The Morgan fingerprint density at radius 2 is 2.00 bits per heavy atom. The molecule has 0 aromatic heterocycles. The van der Waals surface area contributed by atoms with Crippen LogP contribution in [-0.2, 0) is 0 Å². The lowest BCUT2D eigenvalue weighted by molar-refractivity contribution is 0.148. The molecule has 1 amide bonds. The second-order valence-electron chi connectivity index (χ2n) is 3.17. The molecule has 1 unspecified atom stereocenters. The number of carboxylic acid groups (broad SMARTS) is 1. The maximum Gasteiger partial charge on any atom is 0.404 e. The summed E-state index contributed by atoms with van der Waals surface area (Å²) >= 11 is 0. The van der Waals surface area contributed by atoms with Gasteiger partial charge in [-0.25, -0.2) is 4.79 Å². The van der Waals surface area contributed by atoms with Gasteiger partial charge in [-0.1, -0.05) is 19.8 Å². The fraction of sp³-hybridized carbons (Fsp3) is 0.889. The molecular weight excluding hydrogens is 170 g/mol. The van der Waals surface area contributed by atoms with E-state index < -0.39 is 6.09 Å². The molecule has 4 heteroatoms. The third kappa shape index (κ3) is 9.14. The maximum absolute atomic E-state index is 10.0. The molecule has 4 nitrogen and oxygen atoms in total. The topological polar surface area (TPSA) is 69.6 Å². The average Bonchev–Trinajstić information content (AvgIpc) is 2.08. The van der Waals surface area contributed by atoms with Gasteiger partial charge in [-0.05, 0) is 19.3 Å². The van der Waals surface area contributed by atoms with Gasteiger partial charge in [0.05, 0.1) is 6.10 Å². The molecule has 13 heavy (non-hydrogen) atoms. The first kappa shape index (κ1) is 12.2. The van der Waals surface area contributed by atoms with Crippen molar-refractivity contribution in [3.8, 4) is 0 Å². The van der Waals surface area contributed by atoms with Crippen LogP contribution in [0.3, 0.4) is 0 Å². The van der Waals surface area contributed by atoms with Gasteiger partial charge in [-0.3, -0.25) is 0 Å². The zero-order valence-electron chi connectivity index (χ0n) is 8.12. The molecule has 0 saturated carbocycles. The van der Waals surface area contributed by atoms with Crippen LogP contribution in [0.1, 0.15) is 39.0 Å². The van der Waals surface area contributed by atoms with Gasteiger partial charge in [-0.2, -0.15) is 0 Å². The fourth-order valence-electron chi connectivity index (χ4n) is 1.12. The summed E-state index contributed by atoms with van der Waals surface area (Å²) in [6.45, 7) is 2.51. The van der Waals surface area contributed by atoms with E-state index in [1.165, 1.54) is 0 Å². The molecule has 0 rings (SSSR count). The minimum atomic E-state index is -0.997. The van der Waals surface area contributed by atoms with Crippen molar-refractivity contribution in [1.82, 2.24) is 5.32 Å². The van der Waals surface area contributed by atoms with Crippen LogP contribution < -0.4 is 5.32 Å². The normalized spacial score (nSPS) is 12.5. The maximum atomic E-state index is 10.0. The quantitative estimate of drug-likeness (QED) is 0.532. The second kappa shape index (κ2) is 7.86. The minimum Gasteiger partial charge on any atom is -0.465 e. The lowest BCUT2D eigenvalue weighted by atomic mass is 10.1. The van der Waals surface area contributed by atoms with Crippen molar-refractivity contribution in [1.29, 1.82) is 0 Å². The van der Waals surface area contributed by atoms with Crippen LogP contribution in [0.4, 0.5) is 4.79 Å². The molecule has 0 radical (unpaired) electrons. The van der Waals surface area contributed by atoms with E-state index in [0.29, 0.717) is 19.4 Å². The Balaban J connectivity index is 3.16. The molecule has 3 N–H and O–H groups in total. The number of amides is 1. The van der Waals surface area contributed by atoms with E-state index >= 15 is 0 Å². The summed E-state index contributed by atoms with van der Waals surface area (Å²) in [6.07, 6.45) is 3.07. The summed E-state index contributed by atoms with van der Waals surface area (Å²) in [5.41, 5.74) is 0. The van der Waals surface area contributed by atoms with E-state index in [4.69, 9.17) is 5.11 Å². The number of aliphatic hydroxyl groups is 1. The molecule has 78 valence electrons. The number of carbonyl (C=O) groups is 1. The molecule has 0 aliphatic rings. The Labute approximate surface area is 79.0 Å². The zero-order valence-corrected chi connectivity index (χ0v) is 8.12. The van der Waals surface area contributed by atoms with Crippen LogP contribution in [0.2, 0.25) is 0 Å². The molecule has 0 heterocycles. The molecular formula is C9H19NO3. The van der Waals surface area contributed by atoms with E-state index in [1.54, 1.807) is 0 Å². The highest BCUT2D eigenvalue weighted by Crippen LogP contribution is 2.05. The third-order valence-electron chi connectivity index (χ3n) is 1.88. The van der Waals surface area contributed by atoms with Gasteiger partial charge in [0.2, 0.25) is 0 Å². The van der Waals surface area contributed by atoms with Crippen LogP contribution in [-0.4, -0.2) is 29.0 Å². The Hall–Kier alpha value is -0.770. The smallest absolute Gasteiger partial charge is 0.404 e. The number of rotatable bonds is 7. The molecule has 0 aromatic rings. The van der Waals surface area contributed by atoms with Gasteiger partial charge < -0.3 is 15.5 Å². The molecule has 1 atom stereocenters. The summed E-state index contributed by atoms with van der Waals surface area (Å²) in [7, 11) is 0. The highest BCUT2D eigenvalue weighted by molar-refractivity contribution is 5.64. The number of aliphatic hydroxyl groups excluding tert-OH is 1. The average molecular weight is 189 g/mol. The Bertz CT molecular complexity index is 139. The molecule has 0 aliphatic heterocycles. The molecule has 0 saturated heterocycles. The Kier molecular flexibility index (Phi) is 7.39. The highest BCUT2D eigenvalue weighted by atomic mass is 16.4. The van der Waals surface area contributed by atoms with Gasteiger partial charge in [0, 0.05) is 6.54 Å². The predicted molar refractivity (Wildman–Crippen MR) is 50.8 cm³/mol. The van der Waals surface area contributed by atoms with E-state index in [9.17, 15) is 9.90 Å². The largest absolute Gasteiger partial charge is 0.465 e. The fourth-order valence-corrected chi connectivity index (χ4v) is 1.12. The standard InChI is InChI=1S/C9H19NO3/c1-2-3-5-8(11)6-4-7-10-9(12)13/h8,10-11H,2-7H2,1H3,(H,12,13). The molecule has 0 spiro atoms. The number of unbranched alkanes of at least 4 members (excludes halogenated alkanes) is 1. The first-order valence-electron chi connectivity index (χ1n) is 4.81. The van der Waals surface area contributed by atoms with Crippen molar-refractivity contribution in [3.05, 3.63) is 0 Å². The van der Waals surface area contributed by atoms with Crippen LogP contribution >= 0.6 is 0 Å². The zero-order chi connectivity index (χ0) is 10.1. The van der Waals surface area contributed by atoms with Gasteiger partial charge in [-0.15, -0.1) is 0 Å². The first-order valence-corrected chi connectivity index (χ1v) is 4.81. The lowest BCUT2D eigenvalue weighted by Crippen LogP contribution is -2.22. The molecule has 0 aromatic carbocycles. The molecule has 0 bridgehead atoms. The number of hydrogen-bond donors (Lipinski definition) is 3. The molecule has 0 aliphatic carbocycles. The minimum absolute atomic E-state index is 0.268. The van der Waals surface area contributed by atoms with Crippen molar-refractivity contribution < 1.29 is 15.0 Å². The van der Waals surface area contributed by atoms with Crippen LogP contribution in [0.25, 0.3) is 0 Å². The Morgan fingerprint density at radius 3 is 2.54 bits per heavy atom. The Morgan fingerprint density at radius 1 is 1.38 bits per heavy atom. The third-order valence-corrected chi connectivity index (χ3v) is 1.88. The van der Waals surface area contributed by atoms with Crippen molar-refractivity contribution in [2.45, 2.75) is 45.1 Å². The molecule has 0 fully saturated rings. The van der Waals surface area contributed by atoms with Crippen molar-refractivity contribution in [2.24, 2.45) is 0 Å². The van der Waals surface area contributed by atoms with E-state index in [-0.39, 0.29) is 6.10 Å². The predicted octanol–water partition coefficient (Wildman–Crippen LogP) is 1.59. The van der Waals surface area contributed by atoms with E-state index in [2.05, 4.69) is 12.2 Å². The summed E-state index contributed by atoms with van der Waals surface area (Å²) in [4.78, 5) is 10.0. The van der Waals surface area contributed by atoms with Crippen molar-refractivity contribution >= 4 is 6.09 Å². The van der Waals surface area contributed by atoms with E-state index in [0.717, 1.165) is 19.3 Å².